The summed E-state index contributed by atoms with van der Waals surface area (Å²) in [5.41, 5.74) is 0.967. The molecule has 1 heterocycles. The van der Waals surface area contributed by atoms with E-state index in [-0.39, 0.29) is 45.0 Å². The van der Waals surface area contributed by atoms with Gasteiger partial charge in [-0.25, -0.2) is 0 Å². The van der Waals surface area contributed by atoms with Crippen molar-refractivity contribution >= 4 is 5.91 Å². The molecule has 8 heteroatoms. The molecule has 0 aromatic heterocycles. The molecular formula is C36H59NO7. The fourth-order valence-corrected chi connectivity index (χ4v) is 12.1. The quantitative estimate of drug-likeness (QED) is 0.263. The maximum absolute atomic E-state index is 14.5. The number of aliphatic hydroxyl groups excluding tert-OH is 5. The maximum Gasteiger partial charge on any atom is 0.228 e. The van der Waals surface area contributed by atoms with Gasteiger partial charge in [-0.3, -0.25) is 4.79 Å². The first kappa shape index (κ1) is 32.9. The van der Waals surface area contributed by atoms with Crippen LogP contribution in [0.25, 0.3) is 0 Å². The molecule has 13 atom stereocenters. The molecule has 8 nitrogen and oxygen atoms in total. The summed E-state index contributed by atoms with van der Waals surface area (Å²) in [6.45, 7) is 16.2. The summed E-state index contributed by atoms with van der Waals surface area (Å²) in [5, 5.41) is 55.1. The van der Waals surface area contributed by atoms with Crippen LogP contribution in [0, 0.1) is 50.2 Å². The first-order valence-electron chi connectivity index (χ1n) is 17.4. The smallest absolute Gasteiger partial charge is 0.228 e. The standard InChI is InChI=1S/C36H59NO7/c1-31(2)14-16-36(30(43)37-29-28(42)27(41)26(40)22(19-38)44-29)17-15-34(6)20(21(36)18-31)8-9-24-33(5)12-11-25(39)32(3,4)23(33)10-13-35(24,34)7/h8,21-29,38-42H,9-19H2,1-7H3,(H,37,43)/t21?,22?,23?,24?,25-,26?,27+,28?,29?,33-,34+,35+,36-/m0/s1. The Labute approximate surface area is 264 Å². The molecule has 250 valence electrons. The molecule has 1 saturated heterocycles. The van der Waals surface area contributed by atoms with Crippen molar-refractivity contribution in [3.8, 4) is 0 Å². The Balaban J connectivity index is 1.35. The Hall–Kier alpha value is -1.03. The number of hydrogen-bond donors (Lipinski definition) is 6. The average Bonchev–Trinajstić information content (AvgIpc) is 2.95. The molecule has 0 aromatic carbocycles. The van der Waals surface area contributed by atoms with Gasteiger partial charge in [0.25, 0.3) is 0 Å². The largest absolute Gasteiger partial charge is 0.394 e. The second-order valence-corrected chi connectivity index (χ2v) is 18.0. The number of fused-ring (bicyclic) bond motifs is 7. The van der Waals surface area contributed by atoms with E-state index in [1.54, 1.807) is 0 Å². The zero-order valence-corrected chi connectivity index (χ0v) is 28.1. The maximum atomic E-state index is 14.5. The molecule has 1 amide bonds. The first-order valence-corrected chi connectivity index (χ1v) is 17.4. The SMILES string of the molecule is CC1(C)CC[C@]2(C(=O)NC3OC(CO)C(O)[C@@H](O)C3O)CC[C@]3(C)C(=CCC4[C@@]5(C)CC[C@H](O)C(C)(C)C5CC[C@]43C)C2C1. The fourth-order valence-electron chi connectivity index (χ4n) is 12.1. The lowest BCUT2D eigenvalue weighted by Gasteiger charge is -2.71. The third kappa shape index (κ3) is 4.40. The van der Waals surface area contributed by atoms with E-state index in [1.807, 2.05) is 0 Å². The molecular weight excluding hydrogens is 558 g/mol. The van der Waals surface area contributed by atoms with Crippen LogP contribution >= 0.6 is 0 Å². The Morgan fingerprint density at radius 1 is 0.864 bits per heavy atom. The number of carbonyl (C=O) groups excluding carboxylic acids is 1. The van der Waals surface area contributed by atoms with Gasteiger partial charge in [0.05, 0.1) is 18.1 Å². The van der Waals surface area contributed by atoms with Crippen molar-refractivity contribution in [3.63, 3.8) is 0 Å². The highest BCUT2D eigenvalue weighted by Gasteiger charge is 2.69. The van der Waals surface area contributed by atoms with E-state index in [2.05, 4.69) is 59.9 Å². The van der Waals surface area contributed by atoms with E-state index < -0.39 is 42.7 Å². The second kappa shape index (κ2) is 10.5. The summed E-state index contributed by atoms with van der Waals surface area (Å²) in [5.74, 6) is 0.899. The van der Waals surface area contributed by atoms with Crippen molar-refractivity contribution in [2.45, 2.75) is 149 Å². The van der Waals surface area contributed by atoms with Crippen LogP contribution in [0.3, 0.4) is 0 Å². The lowest BCUT2D eigenvalue weighted by molar-refractivity contribution is -0.238. The predicted molar refractivity (Wildman–Crippen MR) is 167 cm³/mol. The van der Waals surface area contributed by atoms with Gasteiger partial charge in [0.15, 0.2) is 6.23 Å². The van der Waals surface area contributed by atoms with Crippen LogP contribution in [0.5, 0.6) is 0 Å². The zero-order chi connectivity index (χ0) is 32.3. The minimum atomic E-state index is -1.53. The highest BCUT2D eigenvalue weighted by atomic mass is 16.6. The van der Waals surface area contributed by atoms with E-state index >= 15 is 0 Å². The molecule has 0 spiro atoms. The summed E-state index contributed by atoms with van der Waals surface area (Å²) in [6, 6.07) is 0. The average molecular weight is 618 g/mol. The van der Waals surface area contributed by atoms with Crippen molar-refractivity contribution in [1.29, 1.82) is 0 Å². The number of nitrogens with one attached hydrogen (secondary N) is 1. The Kier molecular flexibility index (Phi) is 7.84. The van der Waals surface area contributed by atoms with Gasteiger partial charge in [-0.05, 0) is 109 Å². The molecule has 7 unspecified atom stereocenters. The van der Waals surface area contributed by atoms with Gasteiger partial charge >= 0.3 is 0 Å². The predicted octanol–water partition coefficient (Wildman–Crippen LogP) is 4.07. The molecule has 0 radical (unpaired) electrons. The number of aliphatic hydroxyl groups is 5. The van der Waals surface area contributed by atoms with E-state index in [0.29, 0.717) is 11.8 Å². The van der Waals surface area contributed by atoms with Crippen LogP contribution in [-0.4, -0.2) is 74.8 Å². The summed E-state index contributed by atoms with van der Waals surface area (Å²) in [7, 11) is 0. The van der Waals surface area contributed by atoms with Crippen molar-refractivity contribution in [2.75, 3.05) is 6.61 Å². The second-order valence-electron chi connectivity index (χ2n) is 18.0. The Bertz CT molecular complexity index is 1180. The monoisotopic (exact) mass is 617 g/mol. The molecule has 5 fully saturated rings. The lowest BCUT2D eigenvalue weighted by Crippen LogP contribution is -2.67. The van der Waals surface area contributed by atoms with Gasteiger partial charge in [0.2, 0.25) is 5.91 Å². The van der Waals surface area contributed by atoms with Gasteiger partial charge in [-0.2, -0.15) is 0 Å². The lowest BCUT2D eigenvalue weighted by atomic mass is 9.33. The number of carbonyl (C=O) groups is 1. The summed E-state index contributed by atoms with van der Waals surface area (Å²) >= 11 is 0. The van der Waals surface area contributed by atoms with E-state index in [0.717, 1.165) is 64.2 Å². The number of hydrogen-bond acceptors (Lipinski definition) is 7. The van der Waals surface area contributed by atoms with Crippen LogP contribution in [-0.2, 0) is 9.53 Å². The number of allylic oxidation sites excluding steroid dienone is 2. The first-order chi connectivity index (χ1) is 20.4. The molecule has 6 N–H and O–H groups in total. The summed E-state index contributed by atoms with van der Waals surface area (Å²) < 4.78 is 5.73. The molecule has 6 aliphatic rings. The fraction of sp³-hybridized carbons (Fsp3) is 0.917. The minimum absolute atomic E-state index is 0.0465. The van der Waals surface area contributed by atoms with E-state index in [9.17, 15) is 30.3 Å². The molecule has 6 rings (SSSR count). The van der Waals surface area contributed by atoms with Gasteiger partial charge in [-0.1, -0.05) is 60.1 Å². The van der Waals surface area contributed by atoms with Gasteiger partial charge in [-0.15, -0.1) is 0 Å². The topological polar surface area (TPSA) is 139 Å². The normalized spacial score (nSPS) is 52.8. The van der Waals surface area contributed by atoms with Crippen LogP contribution in [0.2, 0.25) is 0 Å². The van der Waals surface area contributed by atoms with Crippen LogP contribution < -0.4 is 5.32 Å². The van der Waals surface area contributed by atoms with Crippen molar-refractivity contribution in [2.24, 2.45) is 50.2 Å². The van der Waals surface area contributed by atoms with Gasteiger partial charge in [0.1, 0.15) is 24.4 Å². The van der Waals surface area contributed by atoms with Crippen LogP contribution in [0.4, 0.5) is 0 Å². The van der Waals surface area contributed by atoms with Crippen molar-refractivity contribution < 1.29 is 35.1 Å². The van der Waals surface area contributed by atoms with Gasteiger partial charge in [0, 0.05) is 0 Å². The van der Waals surface area contributed by atoms with E-state index in [1.165, 1.54) is 5.57 Å². The molecule has 1 aliphatic heterocycles. The zero-order valence-electron chi connectivity index (χ0n) is 28.1. The molecule has 4 saturated carbocycles. The van der Waals surface area contributed by atoms with Gasteiger partial charge < -0.3 is 35.6 Å². The number of ether oxygens (including phenoxy) is 1. The summed E-state index contributed by atoms with van der Waals surface area (Å²) in [4.78, 5) is 14.5. The number of amides is 1. The van der Waals surface area contributed by atoms with Crippen LogP contribution in [0.1, 0.15) is 113 Å². The molecule has 0 aromatic rings. The Morgan fingerprint density at radius 2 is 1.55 bits per heavy atom. The molecule has 5 aliphatic carbocycles. The minimum Gasteiger partial charge on any atom is -0.394 e. The van der Waals surface area contributed by atoms with Crippen molar-refractivity contribution in [3.05, 3.63) is 11.6 Å². The highest BCUT2D eigenvalue weighted by molar-refractivity contribution is 5.84. The van der Waals surface area contributed by atoms with Crippen molar-refractivity contribution in [1.82, 2.24) is 5.32 Å². The third-order valence-electron chi connectivity index (χ3n) is 15.2. The highest BCUT2D eigenvalue weighted by Crippen LogP contribution is 2.75. The molecule has 44 heavy (non-hydrogen) atoms. The molecule has 0 bridgehead atoms. The van der Waals surface area contributed by atoms with Crippen LogP contribution in [0.15, 0.2) is 11.6 Å². The number of rotatable bonds is 3. The third-order valence-corrected chi connectivity index (χ3v) is 15.2. The summed E-state index contributed by atoms with van der Waals surface area (Å²) in [6.07, 6.45) is 4.92. The Morgan fingerprint density at radius 3 is 2.23 bits per heavy atom. The van der Waals surface area contributed by atoms with E-state index in [4.69, 9.17) is 4.74 Å².